The number of nitrogens with one attached hydrogen (secondary N) is 1. The fourth-order valence-electron chi connectivity index (χ4n) is 2.64. The number of fused-ring (bicyclic) bond motifs is 1. The van der Waals surface area contributed by atoms with Crippen molar-refractivity contribution in [2.75, 3.05) is 6.54 Å². The summed E-state index contributed by atoms with van der Waals surface area (Å²) in [7, 11) is 2.01. The van der Waals surface area contributed by atoms with Gasteiger partial charge in [0.25, 0.3) is 0 Å². The standard InChI is InChI=1S/C16H22N2O/c1-6-17-16(3,4)15(19)14-11(2)18(5)13-10-8-7-9-12(13)14/h7-10,17H,6H2,1-5H3. The third-order valence-electron chi connectivity index (χ3n) is 3.81. The van der Waals surface area contributed by atoms with E-state index >= 15 is 0 Å². The van der Waals surface area contributed by atoms with E-state index in [0.717, 1.165) is 28.7 Å². The number of likely N-dealkylation sites (N-methyl/N-ethyl adjacent to an activating group) is 1. The fourth-order valence-corrected chi connectivity index (χ4v) is 2.64. The third kappa shape index (κ3) is 2.19. The lowest BCUT2D eigenvalue weighted by Gasteiger charge is -2.24. The van der Waals surface area contributed by atoms with Crippen LogP contribution in [0.3, 0.4) is 0 Å². The number of para-hydroxylation sites is 1. The van der Waals surface area contributed by atoms with Gasteiger partial charge in [-0.1, -0.05) is 25.1 Å². The van der Waals surface area contributed by atoms with Gasteiger partial charge in [-0.3, -0.25) is 4.79 Å². The van der Waals surface area contributed by atoms with Gasteiger partial charge < -0.3 is 9.88 Å². The molecule has 1 aromatic heterocycles. The second-order valence-corrected chi connectivity index (χ2v) is 5.52. The molecule has 19 heavy (non-hydrogen) atoms. The summed E-state index contributed by atoms with van der Waals surface area (Å²) in [5.74, 6) is 0.156. The molecule has 0 saturated heterocycles. The highest BCUT2D eigenvalue weighted by Crippen LogP contribution is 2.28. The number of hydrogen-bond donors (Lipinski definition) is 1. The van der Waals surface area contributed by atoms with Crippen molar-refractivity contribution in [3.05, 3.63) is 35.5 Å². The van der Waals surface area contributed by atoms with Gasteiger partial charge in [0.15, 0.2) is 5.78 Å². The number of aryl methyl sites for hydroxylation is 1. The normalized spacial score (nSPS) is 12.1. The van der Waals surface area contributed by atoms with E-state index < -0.39 is 5.54 Å². The van der Waals surface area contributed by atoms with Gasteiger partial charge in [-0.15, -0.1) is 0 Å². The minimum absolute atomic E-state index is 0.156. The van der Waals surface area contributed by atoms with Gasteiger partial charge in [0, 0.05) is 29.2 Å². The van der Waals surface area contributed by atoms with E-state index in [0.29, 0.717) is 0 Å². The monoisotopic (exact) mass is 258 g/mol. The zero-order valence-electron chi connectivity index (χ0n) is 12.4. The molecule has 0 aliphatic heterocycles. The van der Waals surface area contributed by atoms with Crippen LogP contribution in [0.15, 0.2) is 24.3 Å². The van der Waals surface area contributed by atoms with Crippen molar-refractivity contribution in [3.8, 4) is 0 Å². The molecule has 3 nitrogen and oxygen atoms in total. The second kappa shape index (κ2) is 4.82. The molecule has 0 aliphatic carbocycles. The van der Waals surface area contributed by atoms with Crippen molar-refractivity contribution in [2.45, 2.75) is 33.2 Å². The van der Waals surface area contributed by atoms with E-state index in [1.807, 2.05) is 52.9 Å². The fraction of sp³-hybridized carbons (Fsp3) is 0.438. The van der Waals surface area contributed by atoms with E-state index in [2.05, 4.69) is 16.0 Å². The Hall–Kier alpha value is -1.61. The molecule has 0 amide bonds. The maximum absolute atomic E-state index is 12.8. The van der Waals surface area contributed by atoms with E-state index in [-0.39, 0.29) is 5.78 Å². The van der Waals surface area contributed by atoms with Gasteiger partial charge in [-0.25, -0.2) is 0 Å². The molecule has 0 radical (unpaired) electrons. The SMILES string of the molecule is CCNC(C)(C)C(=O)c1c(C)n(C)c2ccccc12. The van der Waals surface area contributed by atoms with Crippen molar-refractivity contribution in [1.82, 2.24) is 9.88 Å². The van der Waals surface area contributed by atoms with Crippen LogP contribution >= 0.6 is 0 Å². The quantitative estimate of drug-likeness (QED) is 0.855. The summed E-state index contributed by atoms with van der Waals surface area (Å²) in [5.41, 5.74) is 2.43. The molecule has 1 heterocycles. The number of aromatic nitrogens is 1. The maximum atomic E-state index is 12.8. The number of Topliss-reactive ketones (excluding diaryl/α,β-unsaturated/α-hetero) is 1. The zero-order valence-corrected chi connectivity index (χ0v) is 12.4. The Morgan fingerprint density at radius 1 is 1.32 bits per heavy atom. The summed E-state index contributed by atoms with van der Waals surface area (Å²) in [6.45, 7) is 8.70. The summed E-state index contributed by atoms with van der Waals surface area (Å²) >= 11 is 0. The molecule has 102 valence electrons. The summed E-state index contributed by atoms with van der Waals surface area (Å²) in [4.78, 5) is 12.8. The van der Waals surface area contributed by atoms with E-state index in [1.54, 1.807) is 0 Å². The molecule has 0 unspecified atom stereocenters. The predicted molar refractivity (Wildman–Crippen MR) is 79.7 cm³/mol. The molecular formula is C16H22N2O. The largest absolute Gasteiger partial charge is 0.347 e. The number of rotatable bonds is 4. The van der Waals surface area contributed by atoms with Crippen LogP contribution in [0.5, 0.6) is 0 Å². The van der Waals surface area contributed by atoms with Gasteiger partial charge in [0.2, 0.25) is 0 Å². The highest BCUT2D eigenvalue weighted by molar-refractivity contribution is 6.13. The molecule has 0 aliphatic rings. The summed E-state index contributed by atoms with van der Waals surface area (Å²) in [5, 5.41) is 4.30. The van der Waals surface area contributed by atoms with E-state index in [1.165, 1.54) is 0 Å². The minimum atomic E-state index is -0.538. The third-order valence-corrected chi connectivity index (χ3v) is 3.81. The second-order valence-electron chi connectivity index (χ2n) is 5.52. The van der Waals surface area contributed by atoms with Crippen molar-refractivity contribution in [2.24, 2.45) is 7.05 Å². The first-order chi connectivity index (χ1) is 8.90. The lowest BCUT2D eigenvalue weighted by Crippen LogP contribution is -2.46. The highest BCUT2D eigenvalue weighted by Gasteiger charge is 2.31. The van der Waals surface area contributed by atoms with Crippen molar-refractivity contribution in [1.29, 1.82) is 0 Å². The Labute approximate surface area is 114 Å². The van der Waals surface area contributed by atoms with Gasteiger partial charge in [-0.05, 0) is 33.4 Å². The number of benzene rings is 1. The van der Waals surface area contributed by atoms with Crippen LogP contribution in [-0.4, -0.2) is 22.4 Å². The van der Waals surface area contributed by atoms with Crippen LogP contribution in [0.2, 0.25) is 0 Å². The average molecular weight is 258 g/mol. The lowest BCUT2D eigenvalue weighted by atomic mass is 9.91. The molecule has 0 fully saturated rings. The van der Waals surface area contributed by atoms with Crippen molar-refractivity contribution < 1.29 is 4.79 Å². The Kier molecular flexibility index (Phi) is 3.50. The Bertz CT molecular complexity index is 623. The minimum Gasteiger partial charge on any atom is -0.347 e. The number of hydrogen-bond acceptors (Lipinski definition) is 2. The molecule has 2 rings (SSSR count). The molecule has 0 saturated carbocycles. The number of carbonyl (C=O) groups is 1. The van der Waals surface area contributed by atoms with Crippen LogP contribution in [0.25, 0.3) is 10.9 Å². The molecule has 0 bridgehead atoms. The van der Waals surface area contributed by atoms with E-state index in [9.17, 15) is 4.79 Å². The first-order valence-electron chi connectivity index (χ1n) is 6.74. The van der Waals surface area contributed by atoms with Gasteiger partial charge in [-0.2, -0.15) is 0 Å². The van der Waals surface area contributed by atoms with Crippen LogP contribution in [0.4, 0.5) is 0 Å². The molecule has 1 N–H and O–H groups in total. The van der Waals surface area contributed by atoms with E-state index in [4.69, 9.17) is 0 Å². The molecular weight excluding hydrogens is 236 g/mol. The molecule has 2 aromatic rings. The molecule has 3 heteroatoms. The number of carbonyl (C=O) groups excluding carboxylic acids is 1. The Morgan fingerprint density at radius 2 is 1.95 bits per heavy atom. The molecule has 1 aromatic carbocycles. The predicted octanol–water partition coefficient (Wildman–Crippen LogP) is 3.06. The Morgan fingerprint density at radius 3 is 2.58 bits per heavy atom. The summed E-state index contributed by atoms with van der Waals surface area (Å²) < 4.78 is 2.09. The van der Waals surface area contributed by atoms with Crippen LogP contribution in [-0.2, 0) is 7.05 Å². The highest BCUT2D eigenvalue weighted by atomic mass is 16.1. The summed E-state index contributed by atoms with van der Waals surface area (Å²) in [6, 6.07) is 8.07. The first-order valence-corrected chi connectivity index (χ1v) is 6.74. The number of ketones is 1. The lowest BCUT2D eigenvalue weighted by molar-refractivity contribution is 0.0885. The number of nitrogens with zero attached hydrogens (tertiary/aromatic N) is 1. The molecule has 0 atom stereocenters. The average Bonchev–Trinajstić information content (AvgIpc) is 2.62. The Balaban J connectivity index is 2.63. The topological polar surface area (TPSA) is 34.0 Å². The summed E-state index contributed by atoms with van der Waals surface area (Å²) in [6.07, 6.45) is 0. The van der Waals surface area contributed by atoms with Crippen molar-refractivity contribution >= 4 is 16.7 Å². The van der Waals surface area contributed by atoms with Crippen LogP contribution < -0.4 is 5.32 Å². The zero-order chi connectivity index (χ0) is 14.2. The smallest absolute Gasteiger partial charge is 0.184 e. The van der Waals surface area contributed by atoms with Gasteiger partial charge in [0.05, 0.1) is 5.54 Å². The van der Waals surface area contributed by atoms with Crippen molar-refractivity contribution in [3.63, 3.8) is 0 Å². The van der Waals surface area contributed by atoms with Crippen LogP contribution in [0, 0.1) is 6.92 Å². The first kappa shape index (κ1) is 13.8. The van der Waals surface area contributed by atoms with Gasteiger partial charge >= 0.3 is 0 Å². The van der Waals surface area contributed by atoms with Crippen LogP contribution in [0.1, 0.15) is 36.8 Å². The maximum Gasteiger partial charge on any atom is 0.184 e. The molecule has 0 spiro atoms. The van der Waals surface area contributed by atoms with Gasteiger partial charge in [0.1, 0.15) is 0 Å².